The minimum atomic E-state index is -0.528. The van der Waals surface area contributed by atoms with Gasteiger partial charge in [-0.1, -0.05) is 0 Å². The second-order valence-electron chi connectivity index (χ2n) is 9.55. The fourth-order valence-corrected chi connectivity index (χ4v) is 4.03. The van der Waals surface area contributed by atoms with Crippen LogP contribution in [0.25, 0.3) is 22.5 Å². The molecule has 0 bridgehead atoms. The summed E-state index contributed by atoms with van der Waals surface area (Å²) >= 11 is 0. The number of carbonyl (C=O) groups excluding carboxylic acids is 1. The normalized spacial score (nSPS) is 17.2. The van der Waals surface area contributed by atoms with Gasteiger partial charge in [-0.15, -0.1) is 0 Å². The number of hydrogen-bond acceptors (Lipinski definition) is 11. The number of ether oxygens (including phenoxy) is 2. The van der Waals surface area contributed by atoms with E-state index in [1.54, 1.807) is 4.90 Å². The maximum absolute atomic E-state index is 12.5. The van der Waals surface area contributed by atoms with Gasteiger partial charge in [0.2, 0.25) is 11.9 Å². The van der Waals surface area contributed by atoms with Crippen molar-refractivity contribution in [3.63, 3.8) is 0 Å². The van der Waals surface area contributed by atoms with Gasteiger partial charge >= 0.3 is 6.09 Å². The number of oxazole rings is 1. The molecule has 1 amide bonds. The summed E-state index contributed by atoms with van der Waals surface area (Å²) < 4.78 is 16.4. The number of benzene rings is 1. The Kier molecular flexibility index (Phi) is 6.05. The minimum absolute atomic E-state index is 0.116. The molecule has 2 saturated heterocycles. The van der Waals surface area contributed by atoms with Crippen LogP contribution in [0.1, 0.15) is 20.8 Å². The predicted octanol–water partition coefficient (Wildman–Crippen LogP) is 2.16. The second kappa shape index (κ2) is 9.17. The van der Waals surface area contributed by atoms with Crippen LogP contribution in [0.4, 0.5) is 22.7 Å². The van der Waals surface area contributed by atoms with E-state index in [0.29, 0.717) is 81.3 Å². The van der Waals surface area contributed by atoms with Gasteiger partial charge in [0, 0.05) is 44.8 Å². The first-order valence-electron chi connectivity index (χ1n) is 11.7. The molecule has 4 heterocycles. The molecule has 35 heavy (non-hydrogen) atoms. The van der Waals surface area contributed by atoms with Crippen LogP contribution in [0, 0.1) is 0 Å². The summed E-state index contributed by atoms with van der Waals surface area (Å²) in [6, 6.07) is 5.67. The molecule has 5 rings (SSSR count). The van der Waals surface area contributed by atoms with E-state index < -0.39 is 5.60 Å². The molecule has 0 aliphatic carbocycles. The molecule has 2 fully saturated rings. The summed E-state index contributed by atoms with van der Waals surface area (Å²) in [5.41, 5.74) is 7.21. The number of fused-ring (bicyclic) bond motifs is 1. The minimum Gasteiger partial charge on any atom is -0.444 e. The van der Waals surface area contributed by atoms with E-state index >= 15 is 0 Å². The van der Waals surface area contributed by atoms with Crippen LogP contribution >= 0.6 is 0 Å². The standard InChI is InChI=1S/C23H30N8O4/c1-23(2,3)35-22(32)31-8-6-29(7-9-31)20-26-18(27-21(28-20)30-10-12-33-13-11-30)15-4-5-17-16(14-15)25-19(24)34-17/h4-5,14H,6-13H2,1-3H3,(H2,24,25). The van der Waals surface area contributed by atoms with Gasteiger partial charge < -0.3 is 34.3 Å². The first-order valence-corrected chi connectivity index (χ1v) is 11.7. The predicted molar refractivity (Wildman–Crippen MR) is 130 cm³/mol. The van der Waals surface area contributed by atoms with E-state index in [2.05, 4.69) is 14.8 Å². The monoisotopic (exact) mass is 482 g/mol. The maximum atomic E-state index is 12.5. The number of piperazine rings is 1. The van der Waals surface area contributed by atoms with Crippen molar-refractivity contribution in [3.8, 4) is 11.4 Å². The summed E-state index contributed by atoms with van der Waals surface area (Å²) in [6.45, 7) is 10.5. The SMILES string of the molecule is CC(C)(C)OC(=O)N1CCN(c2nc(-c3ccc4oc(N)nc4c3)nc(N3CCOCC3)n2)CC1. The number of aromatic nitrogens is 4. The fourth-order valence-electron chi connectivity index (χ4n) is 4.03. The topological polar surface area (TPSA) is 136 Å². The number of nitrogen functional groups attached to an aromatic ring is 1. The highest BCUT2D eigenvalue weighted by Gasteiger charge is 2.28. The van der Waals surface area contributed by atoms with Crippen molar-refractivity contribution < 1.29 is 18.7 Å². The third-order valence-electron chi connectivity index (χ3n) is 5.78. The molecule has 0 atom stereocenters. The quantitative estimate of drug-likeness (QED) is 0.588. The lowest BCUT2D eigenvalue weighted by molar-refractivity contribution is 0.0240. The van der Waals surface area contributed by atoms with E-state index in [1.807, 2.05) is 39.0 Å². The number of nitrogens with two attached hydrogens (primary N) is 1. The molecule has 0 radical (unpaired) electrons. The summed E-state index contributed by atoms with van der Waals surface area (Å²) in [4.78, 5) is 36.9. The molecular weight excluding hydrogens is 452 g/mol. The van der Waals surface area contributed by atoms with Crippen LogP contribution in [0.5, 0.6) is 0 Å². The summed E-state index contributed by atoms with van der Waals surface area (Å²) in [7, 11) is 0. The zero-order valence-electron chi connectivity index (χ0n) is 20.2. The molecule has 186 valence electrons. The van der Waals surface area contributed by atoms with Gasteiger partial charge in [0.25, 0.3) is 6.01 Å². The molecule has 2 N–H and O–H groups in total. The number of nitrogens with zero attached hydrogens (tertiary/aromatic N) is 7. The lowest BCUT2D eigenvalue weighted by Crippen LogP contribution is -2.50. The van der Waals surface area contributed by atoms with E-state index in [-0.39, 0.29) is 12.1 Å². The first kappa shape index (κ1) is 23.1. The highest BCUT2D eigenvalue weighted by atomic mass is 16.6. The molecule has 0 spiro atoms. The molecule has 1 aromatic carbocycles. The summed E-state index contributed by atoms with van der Waals surface area (Å²) in [6.07, 6.45) is -0.303. The third-order valence-corrected chi connectivity index (χ3v) is 5.78. The number of rotatable bonds is 3. The van der Waals surface area contributed by atoms with Crippen LogP contribution in [-0.2, 0) is 9.47 Å². The zero-order valence-corrected chi connectivity index (χ0v) is 20.2. The largest absolute Gasteiger partial charge is 0.444 e. The van der Waals surface area contributed by atoms with Gasteiger partial charge in [-0.05, 0) is 39.0 Å². The Labute approximate surface area is 203 Å². The fraction of sp³-hybridized carbons (Fsp3) is 0.522. The zero-order chi connectivity index (χ0) is 24.6. The number of amides is 1. The van der Waals surface area contributed by atoms with Crippen molar-refractivity contribution in [2.24, 2.45) is 0 Å². The molecule has 2 aromatic heterocycles. The second-order valence-corrected chi connectivity index (χ2v) is 9.55. The molecule has 3 aromatic rings. The van der Waals surface area contributed by atoms with Gasteiger partial charge in [-0.25, -0.2) is 4.79 Å². The highest BCUT2D eigenvalue weighted by molar-refractivity contribution is 5.80. The third kappa shape index (κ3) is 5.21. The number of morpholine rings is 1. The summed E-state index contributed by atoms with van der Waals surface area (Å²) in [5.74, 6) is 1.71. The Morgan fingerprint density at radius 3 is 2.26 bits per heavy atom. The average molecular weight is 483 g/mol. The van der Waals surface area contributed by atoms with Crippen LogP contribution in [0.3, 0.4) is 0 Å². The van der Waals surface area contributed by atoms with Gasteiger partial charge in [0.05, 0.1) is 13.2 Å². The van der Waals surface area contributed by atoms with Gasteiger partial charge in [0.1, 0.15) is 11.1 Å². The van der Waals surface area contributed by atoms with Crippen LogP contribution in [-0.4, -0.2) is 89.0 Å². The van der Waals surface area contributed by atoms with Crippen molar-refractivity contribution in [1.82, 2.24) is 24.8 Å². The Hall–Kier alpha value is -3.67. The van der Waals surface area contributed by atoms with Crippen LogP contribution in [0.15, 0.2) is 22.6 Å². The van der Waals surface area contributed by atoms with Crippen molar-refractivity contribution in [1.29, 1.82) is 0 Å². The van der Waals surface area contributed by atoms with Crippen molar-refractivity contribution in [2.45, 2.75) is 26.4 Å². The Morgan fingerprint density at radius 1 is 0.943 bits per heavy atom. The number of anilines is 3. The Morgan fingerprint density at radius 2 is 1.60 bits per heavy atom. The number of hydrogen-bond donors (Lipinski definition) is 1. The van der Waals surface area contributed by atoms with Crippen LogP contribution < -0.4 is 15.5 Å². The van der Waals surface area contributed by atoms with Crippen molar-refractivity contribution in [2.75, 3.05) is 68.0 Å². The average Bonchev–Trinajstić information content (AvgIpc) is 3.22. The Balaban J connectivity index is 1.42. The van der Waals surface area contributed by atoms with Gasteiger partial charge in [-0.2, -0.15) is 19.9 Å². The van der Waals surface area contributed by atoms with E-state index in [4.69, 9.17) is 34.6 Å². The van der Waals surface area contributed by atoms with E-state index in [9.17, 15) is 4.79 Å². The lowest BCUT2D eigenvalue weighted by atomic mass is 10.2. The highest BCUT2D eigenvalue weighted by Crippen LogP contribution is 2.27. The number of carbonyl (C=O) groups is 1. The summed E-state index contributed by atoms with van der Waals surface area (Å²) in [5, 5.41) is 0. The molecule has 2 aliphatic heterocycles. The van der Waals surface area contributed by atoms with Crippen LogP contribution in [0.2, 0.25) is 0 Å². The molecule has 0 saturated carbocycles. The molecule has 12 nitrogen and oxygen atoms in total. The van der Waals surface area contributed by atoms with Gasteiger partial charge in [-0.3, -0.25) is 0 Å². The van der Waals surface area contributed by atoms with Gasteiger partial charge in [0.15, 0.2) is 11.4 Å². The van der Waals surface area contributed by atoms with Crippen molar-refractivity contribution in [3.05, 3.63) is 18.2 Å². The van der Waals surface area contributed by atoms with E-state index in [0.717, 1.165) is 5.56 Å². The van der Waals surface area contributed by atoms with Crippen molar-refractivity contribution >= 4 is 35.1 Å². The lowest BCUT2D eigenvalue weighted by Gasteiger charge is -2.36. The molecule has 0 unspecified atom stereocenters. The molecule has 12 heteroatoms. The molecular formula is C23H30N8O4. The first-order chi connectivity index (χ1) is 16.7. The maximum Gasteiger partial charge on any atom is 0.410 e. The van der Waals surface area contributed by atoms with E-state index in [1.165, 1.54) is 0 Å². The Bertz CT molecular complexity index is 1210. The smallest absolute Gasteiger partial charge is 0.410 e. The molecule has 2 aliphatic rings.